The standard InChI is InChI=1S/C14H14O2S/c15-14-8-13(7-6-12(14)10-17)16-9-11-4-2-1-3-5-11/h1-8,15,17H,9-10H2. The van der Waals surface area contributed by atoms with Crippen molar-refractivity contribution in [1.82, 2.24) is 0 Å². The largest absolute Gasteiger partial charge is 0.507 e. The van der Waals surface area contributed by atoms with E-state index >= 15 is 0 Å². The third kappa shape index (κ3) is 3.17. The van der Waals surface area contributed by atoms with Crippen molar-refractivity contribution in [3.8, 4) is 11.5 Å². The molecule has 0 saturated carbocycles. The fourth-order valence-electron chi connectivity index (χ4n) is 1.51. The van der Waals surface area contributed by atoms with Crippen molar-refractivity contribution in [2.24, 2.45) is 0 Å². The molecule has 0 heterocycles. The minimum absolute atomic E-state index is 0.227. The molecule has 88 valence electrons. The zero-order valence-electron chi connectivity index (χ0n) is 9.34. The van der Waals surface area contributed by atoms with Gasteiger partial charge < -0.3 is 9.84 Å². The molecule has 2 rings (SSSR count). The Morgan fingerprint density at radius 2 is 1.82 bits per heavy atom. The molecule has 2 nitrogen and oxygen atoms in total. The van der Waals surface area contributed by atoms with E-state index in [9.17, 15) is 5.11 Å². The molecule has 0 aliphatic carbocycles. The zero-order valence-corrected chi connectivity index (χ0v) is 10.2. The first-order chi connectivity index (χ1) is 8.29. The Morgan fingerprint density at radius 1 is 1.06 bits per heavy atom. The van der Waals surface area contributed by atoms with Crippen LogP contribution in [0.4, 0.5) is 0 Å². The maximum Gasteiger partial charge on any atom is 0.123 e. The third-order valence-corrected chi connectivity index (χ3v) is 2.82. The average Bonchev–Trinajstić information content (AvgIpc) is 2.38. The number of thiol groups is 1. The maximum absolute atomic E-state index is 9.66. The molecular formula is C14H14O2S. The molecule has 0 aliphatic rings. The SMILES string of the molecule is Oc1cc(OCc2ccccc2)ccc1CS. The van der Waals surface area contributed by atoms with E-state index in [0.29, 0.717) is 18.1 Å². The molecule has 0 amide bonds. The summed E-state index contributed by atoms with van der Waals surface area (Å²) < 4.78 is 5.59. The maximum atomic E-state index is 9.66. The smallest absolute Gasteiger partial charge is 0.123 e. The Labute approximate surface area is 106 Å². The van der Waals surface area contributed by atoms with Crippen LogP contribution in [-0.2, 0) is 12.4 Å². The highest BCUT2D eigenvalue weighted by Crippen LogP contribution is 2.25. The van der Waals surface area contributed by atoms with Crippen molar-refractivity contribution in [3.05, 3.63) is 59.7 Å². The van der Waals surface area contributed by atoms with Crippen LogP contribution in [0.15, 0.2) is 48.5 Å². The summed E-state index contributed by atoms with van der Waals surface area (Å²) in [5.41, 5.74) is 1.91. The monoisotopic (exact) mass is 246 g/mol. The lowest BCUT2D eigenvalue weighted by Crippen LogP contribution is -1.95. The van der Waals surface area contributed by atoms with Crippen molar-refractivity contribution in [1.29, 1.82) is 0 Å². The van der Waals surface area contributed by atoms with Crippen LogP contribution in [0.3, 0.4) is 0 Å². The summed E-state index contributed by atoms with van der Waals surface area (Å²) in [5, 5.41) is 9.66. The summed E-state index contributed by atoms with van der Waals surface area (Å²) in [5.74, 6) is 1.41. The van der Waals surface area contributed by atoms with Gasteiger partial charge in [0.2, 0.25) is 0 Å². The van der Waals surface area contributed by atoms with E-state index in [4.69, 9.17) is 4.74 Å². The predicted molar refractivity (Wildman–Crippen MR) is 71.6 cm³/mol. The summed E-state index contributed by atoms with van der Waals surface area (Å²) >= 11 is 4.12. The normalized spacial score (nSPS) is 10.2. The van der Waals surface area contributed by atoms with Crippen LogP contribution in [0.25, 0.3) is 0 Å². The molecule has 17 heavy (non-hydrogen) atoms. The van der Waals surface area contributed by atoms with Gasteiger partial charge in [0.05, 0.1) is 0 Å². The first-order valence-corrected chi connectivity index (χ1v) is 6.02. The molecule has 3 heteroatoms. The number of ether oxygens (including phenoxy) is 1. The highest BCUT2D eigenvalue weighted by molar-refractivity contribution is 7.79. The Bertz CT molecular complexity index is 483. The number of phenols is 1. The van der Waals surface area contributed by atoms with Crippen LogP contribution >= 0.6 is 12.6 Å². The van der Waals surface area contributed by atoms with Gasteiger partial charge in [0.1, 0.15) is 18.1 Å². The van der Waals surface area contributed by atoms with E-state index in [2.05, 4.69) is 12.6 Å². The molecule has 2 aromatic rings. The quantitative estimate of drug-likeness (QED) is 0.810. The molecular weight excluding hydrogens is 232 g/mol. The Morgan fingerprint density at radius 3 is 2.47 bits per heavy atom. The summed E-state index contributed by atoms with van der Waals surface area (Å²) in [4.78, 5) is 0. The van der Waals surface area contributed by atoms with Crippen LogP contribution < -0.4 is 4.74 Å². The van der Waals surface area contributed by atoms with Gasteiger partial charge in [0.15, 0.2) is 0 Å². The van der Waals surface area contributed by atoms with Crippen LogP contribution in [-0.4, -0.2) is 5.11 Å². The number of rotatable bonds is 4. The van der Waals surface area contributed by atoms with E-state index < -0.39 is 0 Å². The van der Waals surface area contributed by atoms with Gasteiger partial charge in [-0.15, -0.1) is 0 Å². The lowest BCUT2D eigenvalue weighted by Gasteiger charge is -2.08. The molecule has 0 bridgehead atoms. The fraction of sp³-hybridized carbons (Fsp3) is 0.143. The van der Waals surface area contributed by atoms with Crippen molar-refractivity contribution in [3.63, 3.8) is 0 Å². The summed E-state index contributed by atoms with van der Waals surface area (Å²) in [6.07, 6.45) is 0. The van der Waals surface area contributed by atoms with Gasteiger partial charge >= 0.3 is 0 Å². The summed E-state index contributed by atoms with van der Waals surface area (Å²) in [6.45, 7) is 0.500. The molecule has 0 fully saturated rings. The Kier molecular flexibility index (Phi) is 3.94. The van der Waals surface area contributed by atoms with E-state index in [1.165, 1.54) is 0 Å². The van der Waals surface area contributed by atoms with Gasteiger partial charge in [-0.3, -0.25) is 0 Å². The molecule has 0 atom stereocenters. The molecule has 0 unspecified atom stereocenters. The molecule has 2 aromatic carbocycles. The number of aromatic hydroxyl groups is 1. The molecule has 0 spiro atoms. The summed E-state index contributed by atoms with van der Waals surface area (Å²) in [6, 6.07) is 15.2. The number of phenolic OH excluding ortho intramolecular Hbond substituents is 1. The van der Waals surface area contributed by atoms with Crippen molar-refractivity contribution in [2.75, 3.05) is 0 Å². The Hall–Kier alpha value is -1.61. The van der Waals surface area contributed by atoms with Gasteiger partial charge in [-0.05, 0) is 11.6 Å². The van der Waals surface area contributed by atoms with Crippen molar-refractivity contribution >= 4 is 12.6 Å². The van der Waals surface area contributed by atoms with Gasteiger partial charge in [-0.2, -0.15) is 12.6 Å². The third-order valence-electron chi connectivity index (χ3n) is 2.48. The summed E-state index contributed by atoms with van der Waals surface area (Å²) in [7, 11) is 0. The highest BCUT2D eigenvalue weighted by atomic mass is 32.1. The molecule has 0 aromatic heterocycles. The van der Waals surface area contributed by atoms with E-state index in [0.717, 1.165) is 11.1 Å². The van der Waals surface area contributed by atoms with Crippen LogP contribution in [0.5, 0.6) is 11.5 Å². The second kappa shape index (κ2) is 5.64. The van der Waals surface area contributed by atoms with E-state index in [1.807, 2.05) is 42.5 Å². The van der Waals surface area contributed by atoms with Crippen LogP contribution in [0, 0.1) is 0 Å². The first kappa shape index (κ1) is 11.9. The molecule has 0 saturated heterocycles. The van der Waals surface area contributed by atoms with E-state index in [1.54, 1.807) is 6.07 Å². The first-order valence-electron chi connectivity index (χ1n) is 5.39. The zero-order chi connectivity index (χ0) is 12.1. The van der Waals surface area contributed by atoms with Crippen molar-refractivity contribution < 1.29 is 9.84 Å². The second-order valence-corrected chi connectivity index (χ2v) is 4.04. The minimum atomic E-state index is 0.227. The van der Waals surface area contributed by atoms with Gasteiger partial charge in [0.25, 0.3) is 0 Å². The highest BCUT2D eigenvalue weighted by Gasteiger charge is 2.02. The second-order valence-electron chi connectivity index (χ2n) is 3.72. The van der Waals surface area contributed by atoms with E-state index in [-0.39, 0.29) is 5.75 Å². The number of hydrogen-bond donors (Lipinski definition) is 2. The lowest BCUT2D eigenvalue weighted by molar-refractivity contribution is 0.304. The molecule has 0 aliphatic heterocycles. The van der Waals surface area contributed by atoms with Crippen LogP contribution in [0.1, 0.15) is 11.1 Å². The van der Waals surface area contributed by atoms with Gasteiger partial charge in [-0.1, -0.05) is 36.4 Å². The predicted octanol–water partition coefficient (Wildman–Crippen LogP) is 3.40. The lowest BCUT2D eigenvalue weighted by atomic mass is 10.2. The Balaban J connectivity index is 2.02. The number of hydrogen-bond acceptors (Lipinski definition) is 3. The minimum Gasteiger partial charge on any atom is -0.507 e. The molecule has 1 N–H and O–H groups in total. The van der Waals surface area contributed by atoms with Gasteiger partial charge in [0, 0.05) is 17.4 Å². The van der Waals surface area contributed by atoms with Crippen LogP contribution in [0.2, 0.25) is 0 Å². The average molecular weight is 246 g/mol. The molecule has 0 radical (unpaired) electrons. The van der Waals surface area contributed by atoms with Gasteiger partial charge in [-0.25, -0.2) is 0 Å². The fourth-order valence-corrected chi connectivity index (χ4v) is 1.78. The number of benzene rings is 2. The topological polar surface area (TPSA) is 29.5 Å². The van der Waals surface area contributed by atoms with Crippen molar-refractivity contribution in [2.45, 2.75) is 12.4 Å².